The molecule has 2 aliphatic heterocycles. The number of rotatable bonds is 4. The van der Waals surface area contributed by atoms with Gasteiger partial charge in [0.15, 0.2) is 5.65 Å². The maximum Gasteiger partial charge on any atom is 0.451 e. The number of aryl methyl sites for hydroxylation is 2. The molecule has 0 radical (unpaired) electrons. The second-order valence-electron chi connectivity index (χ2n) is 9.43. The zero-order valence-electron chi connectivity index (χ0n) is 18.9. The third kappa shape index (κ3) is 4.11. The monoisotopic (exact) mass is 482 g/mol. The van der Waals surface area contributed by atoms with Crippen molar-refractivity contribution in [3.8, 4) is 0 Å². The SMILES string of the molecule is Cc1cc(N2CC3(CCN(c4cnc5c(C)nn(CC(C)(F)F)c5n4)C3)C2)nc(C(F)(F)F)n1. The molecular weight excluding hydrogens is 459 g/mol. The van der Waals surface area contributed by atoms with Gasteiger partial charge in [0.1, 0.15) is 23.7 Å². The van der Waals surface area contributed by atoms with Crippen LogP contribution in [0.15, 0.2) is 12.3 Å². The van der Waals surface area contributed by atoms with Gasteiger partial charge in [-0.3, -0.25) is 0 Å². The Balaban J connectivity index is 1.33. The minimum absolute atomic E-state index is 0.111. The summed E-state index contributed by atoms with van der Waals surface area (Å²) in [6.07, 6.45) is -2.16. The van der Waals surface area contributed by atoms with Crippen molar-refractivity contribution in [3.63, 3.8) is 0 Å². The van der Waals surface area contributed by atoms with E-state index in [4.69, 9.17) is 0 Å². The van der Waals surface area contributed by atoms with Crippen molar-refractivity contribution in [2.75, 3.05) is 36.0 Å². The van der Waals surface area contributed by atoms with Crippen LogP contribution in [0.5, 0.6) is 0 Å². The van der Waals surface area contributed by atoms with E-state index < -0.39 is 24.5 Å². The molecule has 0 N–H and O–H groups in total. The van der Waals surface area contributed by atoms with E-state index in [2.05, 4.69) is 25.0 Å². The van der Waals surface area contributed by atoms with Crippen LogP contribution in [-0.2, 0) is 12.7 Å². The largest absolute Gasteiger partial charge is 0.451 e. The number of halogens is 5. The topological polar surface area (TPSA) is 75.9 Å². The quantitative estimate of drug-likeness (QED) is 0.526. The van der Waals surface area contributed by atoms with Gasteiger partial charge in [-0.05, 0) is 20.3 Å². The average molecular weight is 482 g/mol. The number of nitrogens with zero attached hydrogens (tertiary/aromatic N) is 8. The summed E-state index contributed by atoms with van der Waals surface area (Å²) in [7, 11) is 0. The fraction of sp³-hybridized carbons (Fsp3) is 0.571. The van der Waals surface area contributed by atoms with Crippen LogP contribution in [0.4, 0.5) is 33.6 Å². The Bertz CT molecular complexity index is 1240. The summed E-state index contributed by atoms with van der Waals surface area (Å²) in [6.45, 7) is 5.90. The Hall–Kier alpha value is -3.12. The summed E-state index contributed by atoms with van der Waals surface area (Å²) in [5.41, 5.74) is 1.48. The molecular formula is C21H23F5N8. The molecule has 5 rings (SSSR count). The van der Waals surface area contributed by atoms with Gasteiger partial charge in [-0.2, -0.15) is 18.3 Å². The summed E-state index contributed by atoms with van der Waals surface area (Å²) in [5, 5.41) is 4.17. The molecule has 0 atom stereocenters. The van der Waals surface area contributed by atoms with E-state index in [1.165, 1.54) is 11.6 Å². The molecule has 34 heavy (non-hydrogen) atoms. The lowest BCUT2D eigenvalue weighted by Gasteiger charge is -2.48. The summed E-state index contributed by atoms with van der Waals surface area (Å²) >= 11 is 0. The average Bonchev–Trinajstić information content (AvgIpc) is 3.27. The van der Waals surface area contributed by atoms with Crippen molar-refractivity contribution in [3.05, 3.63) is 29.5 Å². The Morgan fingerprint density at radius 1 is 0.971 bits per heavy atom. The molecule has 0 bridgehead atoms. The van der Waals surface area contributed by atoms with E-state index >= 15 is 0 Å². The second kappa shape index (κ2) is 7.44. The van der Waals surface area contributed by atoms with E-state index in [1.54, 1.807) is 19.2 Å². The zero-order valence-corrected chi connectivity index (χ0v) is 18.9. The van der Waals surface area contributed by atoms with Gasteiger partial charge in [0, 0.05) is 50.3 Å². The minimum Gasteiger partial charge on any atom is -0.355 e. The van der Waals surface area contributed by atoms with Crippen molar-refractivity contribution in [1.29, 1.82) is 0 Å². The summed E-state index contributed by atoms with van der Waals surface area (Å²) in [4.78, 5) is 20.1. The molecule has 0 amide bonds. The lowest BCUT2D eigenvalue weighted by Crippen LogP contribution is -2.58. The van der Waals surface area contributed by atoms with Gasteiger partial charge in [0.25, 0.3) is 5.92 Å². The molecule has 2 aliphatic rings. The van der Waals surface area contributed by atoms with Gasteiger partial charge in [0.05, 0.1) is 11.9 Å². The molecule has 182 valence electrons. The van der Waals surface area contributed by atoms with Gasteiger partial charge >= 0.3 is 6.18 Å². The first kappa shape index (κ1) is 22.7. The van der Waals surface area contributed by atoms with E-state index in [0.717, 1.165) is 13.3 Å². The summed E-state index contributed by atoms with van der Waals surface area (Å²) in [5.74, 6) is -3.24. The predicted octanol–water partition coefficient (Wildman–Crippen LogP) is 3.62. The Morgan fingerprint density at radius 3 is 2.35 bits per heavy atom. The van der Waals surface area contributed by atoms with Gasteiger partial charge in [-0.25, -0.2) is 33.4 Å². The normalized spacial score (nSPS) is 18.2. The maximum absolute atomic E-state index is 13.6. The molecule has 2 fully saturated rings. The van der Waals surface area contributed by atoms with Crippen LogP contribution in [0, 0.1) is 19.3 Å². The Kier molecular flexibility index (Phi) is 4.96. The highest BCUT2D eigenvalue weighted by atomic mass is 19.4. The number of fused-ring (bicyclic) bond motifs is 1. The number of alkyl halides is 5. The Morgan fingerprint density at radius 2 is 1.68 bits per heavy atom. The summed E-state index contributed by atoms with van der Waals surface area (Å²) in [6, 6.07) is 1.56. The standard InChI is InChI=1S/C21H23F5N8/c1-12-6-14(30-18(28-12)21(24,25)26)33-10-20(11-33)4-5-32(9-20)15-7-27-16-13(2)31-34(17(16)29-15)8-19(3,22)23/h6-7H,4-5,8-11H2,1-3H3. The zero-order chi connectivity index (χ0) is 24.5. The van der Waals surface area contributed by atoms with Crippen LogP contribution >= 0.6 is 0 Å². The van der Waals surface area contributed by atoms with Crippen molar-refractivity contribution in [2.24, 2.45) is 5.41 Å². The van der Waals surface area contributed by atoms with E-state index in [1.807, 2.05) is 9.80 Å². The summed E-state index contributed by atoms with van der Waals surface area (Å²) < 4.78 is 67.6. The van der Waals surface area contributed by atoms with Crippen LogP contribution in [-0.4, -0.2) is 61.8 Å². The molecule has 1 spiro atoms. The van der Waals surface area contributed by atoms with Gasteiger partial charge in [-0.15, -0.1) is 0 Å². The second-order valence-corrected chi connectivity index (χ2v) is 9.43. The first-order valence-corrected chi connectivity index (χ1v) is 10.8. The molecule has 0 aliphatic carbocycles. The van der Waals surface area contributed by atoms with Crippen molar-refractivity contribution in [2.45, 2.75) is 45.8 Å². The van der Waals surface area contributed by atoms with Crippen LogP contribution < -0.4 is 9.80 Å². The lowest BCUT2D eigenvalue weighted by atomic mass is 9.79. The van der Waals surface area contributed by atoms with Crippen molar-refractivity contribution in [1.82, 2.24) is 29.7 Å². The molecule has 13 heteroatoms. The fourth-order valence-electron chi connectivity index (χ4n) is 4.76. The molecule has 3 aromatic rings. The van der Waals surface area contributed by atoms with E-state index in [-0.39, 0.29) is 16.9 Å². The minimum atomic E-state index is -4.60. The van der Waals surface area contributed by atoms with Gasteiger partial charge in [-0.1, -0.05) is 0 Å². The predicted molar refractivity (Wildman–Crippen MR) is 114 cm³/mol. The highest BCUT2D eigenvalue weighted by Crippen LogP contribution is 2.43. The Labute approximate surface area is 191 Å². The van der Waals surface area contributed by atoms with E-state index in [0.29, 0.717) is 48.9 Å². The van der Waals surface area contributed by atoms with Crippen LogP contribution in [0.3, 0.4) is 0 Å². The molecule has 0 unspecified atom stereocenters. The number of hydrogen-bond donors (Lipinski definition) is 0. The fourth-order valence-corrected chi connectivity index (χ4v) is 4.76. The molecule has 2 saturated heterocycles. The third-order valence-electron chi connectivity index (χ3n) is 6.26. The smallest absolute Gasteiger partial charge is 0.355 e. The highest BCUT2D eigenvalue weighted by molar-refractivity contribution is 5.75. The van der Waals surface area contributed by atoms with Crippen molar-refractivity contribution >= 4 is 22.8 Å². The number of anilines is 2. The lowest BCUT2D eigenvalue weighted by molar-refractivity contribution is -0.145. The van der Waals surface area contributed by atoms with Crippen LogP contribution in [0.25, 0.3) is 11.2 Å². The third-order valence-corrected chi connectivity index (χ3v) is 6.26. The van der Waals surface area contributed by atoms with Gasteiger partial charge in [0.2, 0.25) is 5.82 Å². The maximum atomic E-state index is 13.6. The molecule has 0 saturated carbocycles. The van der Waals surface area contributed by atoms with Gasteiger partial charge < -0.3 is 9.80 Å². The van der Waals surface area contributed by atoms with Crippen molar-refractivity contribution < 1.29 is 22.0 Å². The number of hydrogen-bond acceptors (Lipinski definition) is 7. The first-order valence-electron chi connectivity index (χ1n) is 10.8. The molecule has 8 nitrogen and oxygen atoms in total. The van der Waals surface area contributed by atoms with Crippen LogP contribution in [0.1, 0.15) is 30.6 Å². The molecule has 5 heterocycles. The molecule has 3 aromatic heterocycles. The highest BCUT2D eigenvalue weighted by Gasteiger charge is 2.49. The first-order chi connectivity index (χ1) is 15.8. The number of aromatic nitrogens is 6. The van der Waals surface area contributed by atoms with E-state index in [9.17, 15) is 22.0 Å². The molecule has 0 aromatic carbocycles. The van der Waals surface area contributed by atoms with Crippen LogP contribution in [0.2, 0.25) is 0 Å².